The Morgan fingerprint density at radius 2 is 1.46 bits per heavy atom. The van der Waals surface area contributed by atoms with E-state index in [1.165, 1.54) is 0 Å². The molecule has 0 aliphatic heterocycles. The lowest BCUT2D eigenvalue weighted by Crippen LogP contribution is -2.18. The topological polar surface area (TPSA) is 42.5 Å². The van der Waals surface area contributed by atoms with Gasteiger partial charge < -0.3 is 20.1 Å². The largest absolute Gasteiger partial charge is 0.495 e. The van der Waals surface area contributed by atoms with Crippen molar-refractivity contribution in [2.24, 2.45) is 0 Å². The second kappa shape index (κ2) is 8.56. The predicted octanol–water partition coefficient (Wildman–Crippen LogP) is 5.95. The van der Waals surface area contributed by atoms with Crippen molar-refractivity contribution >= 4 is 40.3 Å². The number of hydrogen-bond donors (Lipinski definition) is 2. The molecule has 4 nitrogen and oxygen atoms in total. The minimum absolute atomic E-state index is 0.461. The molecule has 0 aromatic heterocycles. The lowest BCUT2D eigenvalue weighted by atomic mass is 10.3. The van der Waals surface area contributed by atoms with E-state index < -0.39 is 0 Å². The van der Waals surface area contributed by atoms with E-state index in [9.17, 15) is 0 Å². The first-order valence-electron chi connectivity index (χ1n) is 7.88. The van der Waals surface area contributed by atoms with Crippen molar-refractivity contribution in [1.82, 2.24) is 0 Å². The summed E-state index contributed by atoms with van der Waals surface area (Å²) in [5.41, 5.74) is 1.62. The number of para-hydroxylation sites is 1. The van der Waals surface area contributed by atoms with E-state index in [2.05, 4.69) is 10.6 Å². The normalized spacial score (nSPS) is 10.1. The van der Waals surface area contributed by atoms with Crippen molar-refractivity contribution in [1.29, 1.82) is 0 Å². The average Bonchev–Trinajstić information content (AvgIpc) is 2.64. The summed E-state index contributed by atoms with van der Waals surface area (Å²) in [6.07, 6.45) is 0. The maximum absolute atomic E-state index is 6.11. The molecular formula is C20H17ClN2O2S. The van der Waals surface area contributed by atoms with Crippen LogP contribution >= 0.6 is 23.8 Å². The third-order valence-corrected chi connectivity index (χ3v) is 4.00. The molecule has 0 heterocycles. The third-order valence-electron chi connectivity index (χ3n) is 3.50. The third kappa shape index (κ3) is 4.88. The predicted molar refractivity (Wildman–Crippen MR) is 111 cm³/mol. The summed E-state index contributed by atoms with van der Waals surface area (Å²) in [5.74, 6) is 2.16. The van der Waals surface area contributed by atoms with Crippen LogP contribution < -0.4 is 20.1 Å². The van der Waals surface area contributed by atoms with E-state index >= 15 is 0 Å². The molecule has 6 heteroatoms. The maximum Gasteiger partial charge on any atom is 0.175 e. The maximum atomic E-state index is 6.11. The second-order valence-electron chi connectivity index (χ2n) is 5.37. The minimum Gasteiger partial charge on any atom is -0.495 e. The van der Waals surface area contributed by atoms with E-state index in [1.807, 2.05) is 60.7 Å². The summed E-state index contributed by atoms with van der Waals surface area (Å²) < 4.78 is 10.9. The fourth-order valence-corrected chi connectivity index (χ4v) is 2.76. The molecule has 0 unspecified atom stereocenters. The molecule has 0 fully saturated rings. The van der Waals surface area contributed by atoms with E-state index in [0.29, 0.717) is 15.9 Å². The van der Waals surface area contributed by atoms with Gasteiger partial charge in [-0.2, -0.15) is 0 Å². The molecule has 0 aliphatic rings. The number of rotatable bonds is 5. The van der Waals surface area contributed by atoms with Crippen LogP contribution in [0.1, 0.15) is 0 Å². The van der Waals surface area contributed by atoms with E-state index in [-0.39, 0.29) is 0 Å². The molecule has 0 aliphatic carbocycles. The lowest BCUT2D eigenvalue weighted by Gasteiger charge is -2.12. The van der Waals surface area contributed by atoms with Crippen LogP contribution in [-0.4, -0.2) is 12.2 Å². The van der Waals surface area contributed by atoms with Gasteiger partial charge in [0, 0.05) is 11.4 Å². The molecule has 3 aromatic carbocycles. The molecule has 3 aromatic rings. The van der Waals surface area contributed by atoms with Gasteiger partial charge in [0.15, 0.2) is 5.11 Å². The average molecular weight is 385 g/mol. The molecule has 0 bridgehead atoms. The number of hydrogen-bond acceptors (Lipinski definition) is 3. The van der Waals surface area contributed by atoms with Crippen molar-refractivity contribution in [3.05, 3.63) is 77.8 Å². The highest BCUT2D eigenvalue weighted by Crippen LogP contribution is 2.27. The molecular weight excluding hydrogens is 368 g/mol. The molecule has 0 saturated carbocycles. The zero-order valence-electron chi connectivity index (χ0n) is 14.0. The van der Waals surface area contributed by atoms with Crippen molar-refractivity contribution in [2.45, 2.75) is 0 Å². The summed E-state index contributed by atoms with van der Waals surface area (Å²) in [4.78, 5) is 0. The monoisotopic (exact) mass is 384 g/mol. The van der Waals surface area contributed by atoms with Crippen LogP contribution in [0.25, 0.3) is 0 Å². The standard InChI is InChI=1S/C20H17ClN2O2S/c1-24-19-12-9-15(13-18(19)21)23-20(26)22-14-7-10-17(11-8-14)25-16-5-3-2-4-6-16/h2-13H,1H3,(H2,22,23,26). The SMILES string of the molecule is COc1ccc(NC(=S)Nc2ccc(Oc3ccccc3)cc2)cc1Cl. The fraction of sp³-hybridized carbons (Fsp3) is 0.0500. The molecule has 132 valence electrons. The van der Waals surface area contributed by atoms with Gasteiger partial charge in [-0.3, -0.25) is 0 Å². The summed E-state index contributed by atoms with van der Waals surface area (Å²) in [7, 11) is 1.58. The van der Waals surface area contributed by atoms with Crippen molar-refractivity contribution in [2.75, 3.05) is 17.7 Å². The number of benzene rings is 3. The van der Waals surface area contributed by atoms with Gasteiger partial charge in [-0.25, -0.2) is 0 Å². The summed E-state index contributed by atoms with van der Waals surface area (Å²) >= 11 is 11.4. The minimum atomic E-state index is 0.461. The number of halogens is 1. The number of anilines is 2. The van der Waals surface area contributed by atoms with Crippen LogP contribution in [-0.2, 0) is 0 Å². The smallest absolute Gasteiger partial charge is 0.175 e. The zero-order chi connectivity index (χ0) is 18.4. The van der Waals surface area contributed by atoms with Gasteiger partial charge >= 0.3 is 0 Å². The van der Waals surface area contributed by atoms with Crippen LogP contribution in [0.15, 0.2) is 72.8 Å². The Bertz CT molecular complexity index is 886. The molecule has 0 amide bonds. The van der Waals surface area contributed by atoms with Crippen molar-refractivity contribution in [3.8, 4) is 17.2 Å². The van der Waals surface area contributed by atoms with Crippen LogP contribution in [0.3, 0.4) is 0 Å². The Balaban J connectivity index is 1.58. The van der Waals surface area contributed by atoms with Gasteiger partial charge in [-0.1, -0.05) is 29.8 Å². The summed E-state index contributed by atoms with van der Waals surface area (Å²) in [6.45, 7) is 0. The molecule has 0 spiro atoms. The van der Waals surface area contributed by atoms with Gasteiger partial charge in [0.05, 0.1) is 12.1 Å². The molecule has 3 rings (SSSR count). The number of methoxy groups -OCH3 is 1. The molecule has 0 atom stereocenters. The van der Waals surface area contributed by atoms with Crippen molar-refractivity contribution in [3.63, 3.8) is 0 Å². The summed E-state index contributed by atoms with van der Waals surface area (Å²) in [5, 5.41) is 7.18. The molecule has 0 radical (unpaired) electrons. The van der Waals surface area contributed by atoms with Crippen LogP contribution in [0.4, 0.5) is 11.4 Å². The first-order valence-corrected chi connectivity index (χ1v) is 8.67. The van der Waals surface area contributed by atoms with Gasteiger partial charge in [-0.15, -0.1) is 0 Å². The zero-order valence-corrected chi connectivity index (χ0v) is 15.6. The fourth-order valence-electron chi connectivity index (χ4n) is 2.27. The Hall–Kier alpha value is -2.76. The van der Waals surface area contributed by atoms with Gasteiger partial charge in [0.25, 0.3) is 0 Å². The number of thiocarbonyl (C=S) groups is 1. The van der Waals surface area contributed by atoms with Gasteiger partial charge in [-0.05, 0) is 66.8 Å². The molecule has 0 saturated heterocycles. The first kappa shape index (κ1) is 18.0. The highest BCUT2D eigenvalue weighted by Gasteiger charge is 2.04. The van der Waals surface area contributed by atoms with Crippen LogP contribution in [0.2, 0.25) is 5.02 Å². The number of nitrogens with one attached hydrogen (secondary N) is 2. The van der Waals surface area contributed by atoms with Crippen LogP contribution in [0, 0.1) is 0 Å². The molecule has 2 N–H and O–H groups in total. The van der Waals surface area contributed by atoms with Gasteiger partial charge in [0.1, 0.15) is 17.2 Å². The Labute approximate surface area is 162 Å². The number of ether oxygens (including phenoxy) is 2. The second-order valence-corrected chi connectivity index (χ2v) is 6.18. The van der Waals surface area contributed by atoms with Crippen LogP contribution in [0.5, 0.6) is 17.2 Å². The lowest BCUT2D eigenvalue weighted by molar-refractivity contribution is 0.415. The van der Waals surface area contributed by atoms with Gasteiger partial charge in [0.2, 0.25) is 0 Å². The molecule has 26 heavy (non-hydrogen) atoms. The quantitative estimate of drug-likeness (QED) is 0.532. The highest BCUT2D eigenvalue weighted by molar-refractivity contribution is 7.80. The Kier molecular flexibility index (Phi) is 5.94. The van der Waals surface area contributed by atoms with Crippen molar-refractivity contribution < 1.29 is 9.47 Å². The Morgan fingerprint density at radius 3 is 2.12 bits per heavy atom. The first-order chi connectivity index (χ1) is 12.6. The van der Waals surface area contributed by atoms with E-state index in [0.717, 1.165) is 22.9 Å². The Morgan fingerprint density at radius 1 is 0.846 bits per heavy atom. The highest BCUT2D eigenvalue weighted by atomic mass is 35.5. The van der Waals surface area contributed by atoms with E-state index in [4.69, 9.17) is 33.3 Å². The van der Waals surface area contributed by atoms with E-state index in [1.54, 1.807) is 19.2 Å². The summed E-state index contributed by atoms with van der Waals surface area (Å²) in [6, 6.07) is 22.6.